The summed E-state index contributed by atoms with van der Waals surface area (Å²) in [5.41, 5.74) is 0. The SMILES string of the molecule is O=P12OC3CC(CC(C3)O1)O2. The van der Waals surface area contributed by atoms with E-state index in [4.69, 9.17) is 13.6 Å². The van der Waals surface area contributed by atoms with Gasteiger partial charge in [0, 0.05) is 19.3 Å². The van der Waals surface area contributed by atoms with Crippen LogP contribution in [0.25, 0.3) is 0 Å². The molecule has 4 fully saturated rings. The Morgan fingerprint density at radius 3 is 1.55 bits per heavy atom. The standard InChI is InChI=1S/C6H9O4P/c7-11-8-4-1-5(9-11)3-6(2-4)10-11/h4-6H,1-3H2. The molecule has 1 saturated carbocycles. The average Bonchev–Trinajstić information content (AvgIpc) is 1.79. The maximum absolute atomic E-state index is 11.4. The highest BCUT2D eigenvalue weighted by atomic mass is 31.2. The molecule has 4 nitrogen and oxygen atoms in total. The maximum Gasteiger partial charge on any atom is 0.475 e. The molecule has 3 saturated heterocycles. The largest absolute Gasteiger partial charge is 0.475 e. The Kier molecular flexibility index (Phi) is 1.13. The Bertz CT molecular complexity index is 197. The molecule has 0 aromatic rings. The van der Waals surface area contributed by atoms with E-state index in [9.17, 15) is 4.57 Å². The first-order chi connectivity index (χ1) is 5.23. The van der Waals surface area contributed by atoms with E-state index in [1.54, 1.807) is 0 Å². The third kappa shape index (κ3) is 0.905. The minimum Gasteiger partial charge on any atom is -0.283 e. The first-order valence-electron chi connectivity index (χ1n) is 3.89. The summed E-state index contributed by atoms with van der Waals surface area (Å²) in [7, 11) is -3.07. The molecular weight excluding hydrogens is 167 g/mol. The van der Waals surface area contributed by atoms with Gasteiger partial charge in [-0.05, 0) is 0 Å². The van der Waals surface area contributed by atoms with E-state index in [2.05, 4.69) is 0 Å². The van der Waals surface area contributed by atoms with E-state index >= 15 is 0 Å². The topological polar surface area (TPSA) is 44.8 Å². The molecule has 3 heterocycles. The Morgan fingerprint density at radius 1 is 0.909 bits per heavy atom. The van der Waals surface area contributed by atoms with Crippen molar-refractivity contribution in [2.24, 2.45) is 0 Å². The minimum absolute atomic E-state index is 0.132. The van der Waals surface area contributed by atoms with Gasteiger partial charge in [-0.3, -0.25) is 13.6 Å². The zero-order valence-corrected chi connectivity index (χ0v) is 6.83. The summed E-state index contributed by atoms with van der Waals surface area (Å²) in [5, 5.41) is 0. The highest BCUT2D eigenvalue weighted by molar-refractivity contribution is 7.48. The number of phosphoric acid groups is 1. The van der Waals surface area contributed by atoms with Crippen molar-refractivity contribution in [3.8, 4) is 0 Å². The number of hydrogen-bond acceptors (Lipinski definition) is 4. The lowest BCUT2D eigenvalue weighted by atomic mass is 9.93. The Balaban J connectivity index is 2.00. The second kappa shape index (κ2) is 1.88. The maximum atomic E-state index is 11.4. The summed E-state index contributed by atoms with van der Waals surface area (Å²) in [6.07, 6.45) is 3.07. The lowest BCUT2D eigenvalue weighted by molar-refractivity contribution is -0.126. The van der Waals surface area contributed by atoms with Gasteiger partial charge in [0.1, 0.15) is 0 Å². The van der Waals surface area contributed by atoms with Gasteiger partial charge >= 0.3 is 7.82 Å². The van der Waals surface area contributed by atoms with Crippen LogP contribution in [0.4, 0.5) is 0 Å². The molecule has 0 atom stereocenters. The average molecular weight is 176 g/mol. The fourth-order valence-corrected chi connectivity index (χ4v) is 3.81. The van der Waals surface area contributed by atoms with Gasteiger partial charge in [0.25, 0.3) is 0 Å². The summed E-state index contributed by atoms with van der Waals surface area (Å²) in [5.74, 6) is 0. The van der Waals surface area contributed by atoms with Crippen LogP contribution in [-0.4, -0.2) is 18.3 Å². The van der Waals surface area contributed by atoms with Crippen LogP contribution in [0.3, 0.4) is 0 Å². The normalized spacial score (nSPS) is 60.2. The van der Waals surface area contributed by atoms with Gasteiger partial charge in [0.05, 0.1) is 18.3 Å². The summed E-state index contributed by atoms with van der Waals surface area (Å²) in [6.45, 7) is 0. The smallest absolute Gasteiger partial charge is 0.283 e. The van der Waals surface area contributed by atoms with Gasteiger partial charge in [-0.25, -0.2) is 4.57 Å². The third-order valence-electron chi connectivity index (χ3n) is 2.41. The zero-order valence-electron chi connectivity index (χ0n) is 5.93. The molecule has 3 aliphatic heterocycles. The van der Waals surface area contributed by atoms with Crippen LogP contribution in [0, 0.1) is 0 Å². The lowest BCUT2D eigenvalue weighted by Gasteiger charge is -2.47. The molecule has 0 radical (unpaired) electrons. The molecule has 0 amide bonds. The third-order valence-corrected chi connectivity index (χ3v) is 4.08. The summed E-state index contributed by atoms with van der Waals surface area (Å²) in [6, 6.07) is 0. The second-order valence-electron chi connectivity index (χ2n) is 3.34. The number of phosphoric ester groups is 1. The molecule has 4 bridgehead atoms. The quantitative estimate of drug-likeness (QED) is 0.524. The number of hydrogen-bond donors (Lipinski definition) is 0. The molecule has 0 unspecified atom stereocenters. The molecule has 0 spiro atoms. The summed E-state index contributed by atoms with van der Waals surface area (Å²) < 4.78 is 26.8. The van der Waals surface area contributed by atoms with Crippen LogP contribution in [0.2, 0.25) is 0 Å². The summed E-state index contributed by atoms with van der Waals surface area (Å²) in [4.78, 5) is 0. The van der Waals surface area contributed by atoms with E-state index in [0.29, 0.717) is 0 Å². The molecule has 11 heavy (non-hydrogen) atoms. The summed E-state index contributed by atoms with van der Waals surface area (Å²) >= 11 is 0. The molecule has 62 valence electrons. The van der Waals surface area contributed by atoms with E-state index in [0.717, 1.165) is 19.3 Å². The van der Waals surface area contributed by atoms with Crippen molar-refractivity contribution < 1.29 is 18.1 Å². The van der Waals surface area contributed by atoms with Gasteiger partial charge in [-0.2, -0.15) is 0 Å². The molecule has 1 aliphatic carbocycles. The van der Waals surface area contributed by atoms with E-state index < -0.39 is 7.82 Å². The molecule has 0 aromatic heterocycles. The predicted molar refractivity (Wildman–Crippen MR) is 36.1 cm³/mol. The van der Waals surface area contributed by atoms with Gasteiger partial charge in [0.2, 0.25) is 0 Å². The molecule has 5 heteroatoms. The molecule has 0 aromatic carbocycles. The first kappa shape index (κ1) is 6.61. The van der Waals surface area contributed by atoms with Crippen molar-refractivity contribution in [1.82, 2.24) is 0 Å². The van der Waals surface area contributed by atoms with E-state index in [1.165, 1.54) is 0 Å². The first-order valence-corrected chi connectivity index (χ1v) is 5.35. The minimum atomic E-state index is -3.07. The molecule has 4 rings (SSSR count). The van der Waals surface area contributed by atoms with Crippen molar-refractivity contribution in [2.75, 3.05) is 0 Å². The Morgan fingerprint density at radius 2 is 1.27 bits per heavy atom. The van der Waals surface area contributed by atoms with Crippen molar-refractivity contribution in [1.29, 1.82) is 0 Å². The van der Waals surface area contributed by atoms with Crippen molar-refractivity contribution in [2.45, 2.75) is 37.6 Å². The van der Waals surface area contributed by atoms with Gasteiger partial charge in [-0.1, -0.05) is 0 Å². The van der Waals surface area contributed by atoms with E-state index in [1.807, 2.05) is 0 Å². The molecular formula is C6H9O4P. The van der Waals surface area contributed by atoms with Crippen LogP contribution < -0.4 is 0 Å². The highest BCUT2D eigenvalue weighted by Crippen LogP contribution is 2.64. The van der Waals surface area contributed by atoms with Crippen molar-refractivity contribution in [3.05, 3.63) is 0 Å². The predicted octanol–water partition coefficient (Wildman–Crippen LogP) is 1.46. The van der Waals surface area contributed by atoms with Crippen LogP contribution in [0.15, 0.2) is 0 Å². The Labute approximate surface area is 64.4 Å². The van der Waals surface area contributed by atoms with Gasteiger partial charge in [0.15, 0.2) is 0 Å². The van der Waals surface area contributed by atoms with Crippen LogP contribution in [-0.2, 0) is 18.1 Å². The highest BCUT2D eigenvalue weighted by Gasteiger charge is 2.52. The van der Waals surface area contributed by atoms with Crippen LogP contribution in [0.1, 0.15) is 19.3 Å². The van der Waals surface area contributed by atoms with Gasteiger partial charge in [-0.15, -0.1) is 0 Å². The number of rotatable bonds is 0. The fourth-order valence-electron chi connectivity index (χ4n) is 2.05. The fraction of sp³-hybridized carbons (Fsp3) is 1.00. The lowest BCUT2D eigenvalue weighted by Crippen LogP contribution is -2.45. The Hall–Kier alpha value is 0.110. The van der Waals surface area contributed by atoms with E-state index in [-0.39, 0.29) is 18.3 Å². The van der Waals surface area contributed by atoms with Crippen molar-refractivity contribution >= 4 is 7.82 Å². The monoisotopic (exact) mass is 176 g/mol. The van der Waals surface area contributed by atoms with Crippen molar-refractivity contribution in [3.63, 3.8) is 0 Å². The second-order valence-corrected chi connectivity index (χ2v) is 4.86. The molecule has 0 N–H and O–H groups in total. The molecule has 4 aliphatic rings. The van der Waals surface area contributed by atoms with Crippen LogP contribution >= 0.6 is 7.82 Å². The van der Waals surface area contributed by atoms with Crippen LogP contribution in [0.5, 0.6) is 0 Å². The van der Waals surface area contributed by atoms with Gasteiger partial charge < -0.3 is 0 Å². The zero-order chi connectivity index (χ0) is 7.47.